The van der Waals surface area contributed by atoms with Crippen molar-refractivity contribution in [1.29, 1.82) is 0 Å². The molecule has 2 N–H and O–H groups in total. The molecule has 0 bridgehead atoms. The van der Waals surface area contributed by atoms with Gasteiger partial charge >= 0.3 is 5.97 Å². The second kappa shape index (κ2) is 8.50. The zero-order chi connectivity index (χ0) is 14.1. The molecule has 1 aromatic rings. The molecule has 106 valence electrons. The molecule has 0 fully saturated rings. The molecule has 0 amide bonds. The maximum atomic E-state index is 11.0. The van der Waals surface area contributed by atoms with Crippen molar-refractivity contribution in [3.05, 3.63) is 29.8 Å². The summed E-state index contributed by atoms with van der Waals surface area (Å²) in [5, 5.41) is 12.2. The lowest BCUT2D eigenvalue weighted by Gasteiger charge is -2.13. The van der Waals surface area contributed by atoms with E-state index in [-0.39, 0.29) is 11.7 Å². The molecular weight excluding hydrogens is 246 g/mol. The third-order valence-corrected chi connectivity index (χ3v) is 2.54. The summed E-state index contributed by atoms with van der Waals surface area (Å²) < 4.78 is 10.8. The molecule has 0 saturated carbocycles. The van der Waals surface area contributed by atoms with Crippen molar-refractivity contribution in [3.63, 3.8) is 0 Å². The van der Waals surface area contributed by atoms with Crippen LogP contribution in [-0.2, 0) is 4.74 Å². The number of para-hydroxylation sites is 1. The number of aromatic carboxylic acids is 1. The van der Waals surface area contributed by atoms with Crippen LogP contribution >= 0.6 is 0 Å². The first kappa shape index (κ1) is 15.5. The molecule has 0 aliphatic heterocycles. The van der Waals surface area contributed by atoms with Crippen LogP contribution in [0.4, 0.5) is 0 Å². The molecule has 0 aliphatic carbocycles. The summed E-state index contributed by atoms with van der Waals surface area (Å²) in [5.41, 5.74) is 0.185. The van der Waals surface area contributed by atoms with Gasteiger partial charge in [0.2, 0.25) is 0 Å². The number of carboxylic acid groups (broad SMARTS) is 1. The maximum absolute atomic E-state index is 11.0. The minimum absolute atomic E-state index is 0.163. The van der Waals surface area contributed by atoms with Gasteiger partial charge in [-0.3, -0.25) is 0 Å². The first-order chi connectivity index (χ1) is 9.15. The number of hydrogen-bond donors (Lipinski definition) is 2. The molecule has 1 rings (SSSR count). The highest BCUT2D eigenvalue weighted by atomic mass is 16.5. The monoisotopic (exact) mass is 267 g/mol. The summed E-state index contributed by atoms with van der Waals surface area (Å²) >= 11 is 0. The number of carboxylic acids is 1. The average Bonchev–Trinajstić information content (AvgIpc) is 2.39. The Balaban J connectivity index is 2.28. The fourth-order valence-corrected chi connectivity index (χ4v) is 1.65. The summed E-state index contributed by atoms with van der Waals surface area (Å²) in [6.07, 6.45) is 0.163. The Kier molecular flexibility index (Phi) is 6.92. The second-order valence-corrected chi connectivity index (χ2v) is 4.12. The van der Waals surface area contributed by atoms with Crippen LogP contribution in [-0.4, -0.2) is 43.5 Å². The van der Waals surface area contributed by atoms with Gasteiger partial charge in [-0.25, -0.2) is 4.79 Å². The standard InChI is InChI=1S/C14H21NO4/c1-3-18-11(2)10-15-8-9-19-13-7-5-4-6-12(13)14(16)17/h4-7,11,15H,3,8-10H2,1-2H3,(H,16,17). The zero-order valence-electron chi connectivity index (χ0n) is 11.4. The van der Waals surface area contributed by atoms with E-state index >= 15 is 0 Å². The second-order valence-electron chi connectivity index (χ2n) is 4.12. The molecule has 1 atom stereocenters. The lowest BCUT2D eigenvalue weighted by molar-refractivity contribution is 0.0692. The molecule has 0 aliphatic rings. The smallest absolute Gasteiger partial charge is 0.339 e. The molecule has 0 saturated heterocycles. The van der Waals surface area contributed by atoms with Crippen molar-refractivity contribution < 1.29 is 19.4 Å². The van der Waals surface area contributed by atoms with E-state index in [1.165, 1.54) is 6.07 Å². The van der Waals surface area contributed by atoms with Crippen molar-refractivity contribution >= 4 is 5.97 Å². The van der Waals surface area contributed by atoms with E-state index in [0.29, 0.717) is 25.5 Å². The minimum Gasteiger partial charge on any atom is -0.491 e. The van der Waals surface area contributed by atoms with Crippen molar-refractivity contribution in [1.82, 2.24) is 5.32 Å². The van der Waals surface area contributed by atoms with Crippen molar-refractivity contribution in [3.8, 4) is 5.75 Å². The quantitative estimate of drug-likeness (QED) is 0.667. The predicted molar refractivity (Wildman–Crippen MR) is 72.9 cm³/mol. The van der Waals surface area contributed by atoms with Gasteiger partial charge in [-0.15, -0.1) is 0 Å². The highest BCUT2D eigenvalue weighted by molar-refractivity contribution is 5.90. The van der Waals surface area contributed by atoms with Crippen LogP contribution in [0.3, 0.4) is 0 Å². The van der Waals surface area contributed by atoms with Gasteiger partial charge in [-0.05, 0) is 26.0 Å². The van der Waals surface area contributed by atoms with E-state index in [1.807, 2.05) is 13.8 Å². The molecule has 1 aromatic carbocycles. The minimum atomic E-state index is -0.978. The highest BCUT2D eigenvalue weighted by Gasteiger charge is 2.09. The van der Waals surface area contributed by atoms with Crippen molar-refractivity contribution in [2.24, 2.45) is 0 Å². The Labute approximate surface area is 113 Å². The van der Waals surface area contributed by atoms with E-state index in [2.05, 4.69) is 5.32 Å². The Morgan fingerprint density at radius 3 is 2.84 bits per heavy atom. The molecule has 0 spiro atoms. The summed E-state index contributed by atoms with van der Waals surface area (Å²) in [6, 6.07) is 6.62. The Morgan fingerprint density at radius 1 is 1.42 bits per heavy atom. The average molecular weight is 267 g/mol. The molecule has 5 heteroatoms. The first-order valence-corrected chi connectivity index (χ1v) is 6.42. The van der Waals surface area contributed by atoms with Gasteiger partial charge in [0.15, 0.2) is 0 Å². The van der Waals surface area contributed by atoms with Crippen LogP contribution in [0.25, 0.3) is 0 Å². The van der Waals surface area contributed by atoms with Crippen LogP contribution in [0.2, 0.25) is 0 Å². The number of hydrogen-bond acceptors (Lipinski definition) is 4. The van der Waals surface area contributed by atoms with Crippen LogP contribution in [0.1, 0.15) is 24.2 Å². The zero-order valence-corrected chi connectivity index (χ0v) is 11.4. The van der Waals surface area contributed by atoms with Crippen LogP contribution in [0.15, 0.2) is 24.3 Å². The molecule has 0 aromatic heterocycles. The van der Waals surface area contributed by atoms with Gasteiger partial charge in [-0.1, -0.05) is 12.1 Å². The third-order valence-electron chi connectivity index (χ3n) is 2.54. The topological polar surface area (TPSA) is 67.8 Å². The fraction of sp³-hybridized carbons (Fsp3) is 0.500. The van der Waals surface area contributed by atoms with Gasteiger partial charge in [0.25, 0.3) is 0 Å². The number of rotatable bonds is 9. The van der Waals surface area contributed by atoms with E-state index in [1.54, 1.807) is 18.2 Å². The Hall–Kier alpha value is -1.59. The summed E-state index contributed by atoms with van der Waals surface area (Å²) in [7, 11) is 0. The number of carbonyl (C=O) groups is 1. The van der Waals surface area contributed by atoms with Gasteiger partial charge in [-0.2, -0.15) is 0 Å². The summed E-state index contributed by atoms with van der Waals surface area (Å²) in [4.78, 5) is 11.0. The van der Waals surface area contributed by atoms with Gasteiger partial charge < -0.3 is 19.9 Å². The van der Waals surface area contributed by atoms with Crippen molar-refractivity contribution in [2.45, 2.75) is 20.0 Å². The molecule has 19 heavy (non-hydrogen) atoms. The Morgan fingerprint density at radius 2 is 2.16 bits per heavy atom. The van der Waals surface area contributed by atoms with Crippen LogP contribution in [0.5, 0.6) is 5.75 Å². The molecule has 1 unspecified atom stereocenters. The molecule has 5 nitrogen and oxygen atoms in total. The number of nitrogens with one attached hydrogen (secondary N) is 1. The predicted octanol–water partition coefficient (Wildman–Crippen LogP) is 1.78. The van der Waals surface area contributed by atoms with E-state index in [4.69, 9.17) is 14.6 Å². The lowest BCUT2D eigenvalue weighted by atomic mass is 10.2. The van der Waals surface area contributed by atoms with Gasteiger partial charge in [0, 0.05) is 19.7 Å². The van der Waals surface area contributed by atoms with Crippen molar-refractivity contribution in [2.75, 3.05) is 26.3 Å². The maximum Gasteiger partial charge on any atom is 0.339 e. The summed E-state index contributed by atoms with van der Waals surface area (Å²) in [5.74, 6) is -0.580. The van der Waals surface area contributed by atoms with E-state index in [9.17, 15) is 4.79 Å². The van der Waals surface area contributed by atoms with Gasteiger partial charge in [0.1, 0.15) is 17.9 Å². The van der Waals surface area contributed by atoms with Crippen LogP contribution in [0, 0.1) is 0 Å². The highest BCUT2D eigenvalue weighted by Crippen LogP contribution is 2.17. The van der Waals surface area contributed by atoms with Crippen LogP contribution < -0.4 is 10.1 Å². The number of benzene rings is 1. The fourth-order valence-electron chi connectivity index (χ4n) is 1.65. The third kappa shape index (κ3) is 5.72. The number of ether oxygens (including phenoxy) is 2. The lowest BCUT2D eigenvalue weighted by Crippen LogP contribution is -2.30. The first-order valence-electron chi connectivity index (χ1n) is 6.42. The normalized spacial score (nSPS) is 12.1. The largest absolute Gasteiger partial charge is 0.491 e. The molecule has 0 radical (unpaired) electrons. The SMILES string of the molecule is CCOC(C)CNCCOc1ccccc1C(=O)O. The Bertz CT molecular complexity index is 395. The van der Waals surface area contributed by atoms with E-state index in [0.717, 1.165) is 6.54 Å². The van der Waals surface area contributed by atoms with Gasteiger partial charge in [0.05, 0.1) is 6.10 Å². The summed E-state index contributed by atoms with van der Waals surface area (Å²) in [6.45, 7) is 6.47. The molecule has 0 heterocycles. The van der Waals surface area contributed by atoms with E-state index < -0.39 is 5.97 Å². The molecular formula is C14H21NO4.